The largest absolute Gasteiger partial charge is 0.481 e. The van der Waals surface area contributed by atoms with E-state index in [4.69, 9.17) is 5.11 Å². The summed E-state index contributed by atoms with van der Waals surface area (Å²) in [7, 11) is 1.30. The molecule has 2 heterocycles. The number of nitrogens with zero attached hydrogens (tertiary/aromatic N) is 4. The standard InChI is InChI=1S/C13H18N4O4/c1-21-13(20)10-8-14-9-11(15-10)17-6-4-16(5-7-17)3-2-12(18)19/h8-9H,2-7H2,1H3,(H,18,19). The van der Waals surface area contributed by atoms with E-state index in [1.807, 2.05) is 4.90 Å². The summed E-state index contributed by atoms with van der Waals surface area (Å²) in [5.74, 6) is -0.658. The topological polar surface area (TPSA) is 95.9 Å². The van der Waals surface area contributed by atoms with Crippen molar-refractivity contribution in [2.45, 2.75) is 6.42 Å². The Morgan fingerprint density at radius 2 is 2.00 bits per heavy atom. The molecule has 2 rings (SSSR count). The number of hydrogen-bond acceptors (Lipinski definition) is 7. The molecular formula is C13H18N4O4. The second-order valence-electron chi connectivity index (χ2n) is 4.73. The van der Waals surface area contributed by atoms with E-state index in [0.717, 1.165) is 26.2 Å². The van der Waals surface area contributed by atoms with Crippen LogP contribution in [-0.4, -0.2) is 71.7 Å². The van der Waals surface area contributed by atoms with Crippen molar-refractivity contribution in [2.24, 2.45) is 0 Å². The minimum absolute atomic E-state index is 0.150. The molecule has 8 heteroatoms. The van der Waals surface area contributed by atoms with E-state index in [9.17, 15) is 9.59 Å². The van der Waals surface area contributed by atoms with Crippen molar-refractivity contribution in [2.75, 3.05) is 44.7 Å². The Kier molecular flexibility index (Phi) is 5.04. The number of carboxylic acids is 1. The summed E-state index contributed by atoms with van der Waals surface area (Å²) >= 11 is 0. The number of anilines is 1. The number of carbonyl (C=O) groups is 2. The van der Waals surface area contributed by atoms with E-state index in [-0.39, 0.29) is 12.1 Å². The molecule has 0 aliphatic carbocycles. The average molecular weight is 294 g/mol. The molecule has 1 aromatic rings. The van der Waals surface area contributed by atoms with Crippen LogP contribution in [0.2, 0.25) is 0 Å². The van der Waals surface area contributed by atoms with Gasteiger partial charge in [0.1, 0.15) is 5.82 Å². The van der Waals surface area contributed by atoms with Crippen LogP contribution in [0.15, 0.2) is 12.4 Å². The molecule has 0 unspecified atom stereocenters. The van der Waals surface area contributed by atoms with Gasteiger partial charge in [-0.1, -0.05) is 0 Å². The Morgan fingerprint density at radius 1 is 1.29 bits per heavy atom. The molecule has 1 aliphatic rings. The Bertz CT molecular complexity index is 515. The number of esters is 1. The summed E-state index contributed by atoms with van der Waals surface area (Å²) in [6, 6.07) is 0. The van der Waals surface area contributed by atoms with Crippen LogP contribution in [0.4, 0.5) is 5.82 Å². The van der Waals surface area contributed by atoms with Gasteiger partial charge in [0.05, 0.1) is 25.9 Å². The van der Waals surface area contributed by atoms with Crippen LogP contribution in [-0.2, 0) is 9.53 Å². The third-order valence-corrected chi connectivity index (χ3v) is 3.35. The molecule has 0 spiro atoms. The molecule has 0 aromatic carbocycles. The average Bonchev–Trinajstić information content (AvgIpc) is 2.52. The third kappa shape index (κ3) is 4.12. The molecule has 1 aromatic heterocycles. The lowest BCUT2D eigenvalue weighted by atomic mass is 10.3. The van der Waals surface area contributed by atoms with Crippen molar-refractivity contribution in [1.82, 2.24) is 14.9 Å². The molecule has 0 bridgehead atoms. The highest BCUT2D eigenvalue weighted by atomic mass is 16.5. The van der Waals surface area contributed by atoms with Crippen LogP contribution in [0.3, 0.4) is 0 Å². The Balaban J connectivity index is 1.93. The number of hydrogen-bond donors (Lipinski definition) is 1. The fraction of sp³-hybridized carbons (Fsp3) is 0.538. The van der Waals surface area contributed by atoms with E-state index in [1.54, 1.807) is 6.20 Å². The van der Waals surface area contributed by atoms with Gasteiger partial charge in [-0.05, 0) is 0 Å². The number of carbonyl (C=O) groups excluding carboxylic acids is 1. The monoisotopic (exact) mass is 294 g/mol. The minimum atomic E-state index is -0.783. The first-order chi connectivity index (χ1) is 10.1. The lowest BCUT2D eigenvalue weighted by molar-refractivity contribution is -0.137. The first-order valence-corrected chi connectivity index (χ1v) is 6.69. The molecule has 0 amide bonds. The Labute approximate surface area is 122 Å². The Morgan fingerprint density at radius 3 is 2.62 bits per heavy atom. The number of piperazine rings is 1. The first kappa shape index (κ1) is 15.2. The summed E-state index contributed by atoms with van der Waals surface area (Å²) in [5.41, 5.74) is 0.184. The molecule has 114 valence electrons. The number of rotatable bonds is 5. The molecule has 0 saturated carbocycles. The van der Waals surface area contributed by atoms with Crippen LogP contribution in [0.5, 0.6) is 0 Å². The second kappa shape index (κ2) is 6.98. The van der Waals surface area contributed by atoms with Gasteiger partial charge in [0.15, 0.2) is 5.69 Å². The summed E-state index contributed by atoms with van der Waals surface area (Å²) < 4.78 is 4.63. The highest BCUT2D eigenvalue weighted by Crippen LogP contribution is 2.13. The number of ether oxygens (including phenoxy) is 1. The van der Waals surface area contributed by atoms with E-state index < -0.39 is 11.9 Å². The zero-order chi connectivity index (χ0) is 15.2. The van der Waals surface area contributed by atoms with Crippen molar-refractivity contribution in [1.29, 1.82) is 0 Å². The van der Waals surface area contributed by atoms with Crippen LogP contribution >= 0.6 is 0 Å². The Hall–Kier alpha value is -2.22. The van der Waals surface area contributed by atoms with Crippen molar-refractivity contribution in [3.63, 3.8) is 0 Å². The lowest BCUT2D eigenvalue weighted by Gasteiger charge is -2.35. The fourth-order valence-corrected chi connectivity index (χ4v) is 2.17. The molecular weight excluding hydrogens is 276 g/mol. The van der Waals surface area contributed by atoms with Crippen LogP contribution in [0, 0.1) is 0 Å². The van der Waals surface area contributed by atoms with Gasteiger partial charge in [-0.3, -0.25) is 14.7 Å². The van der Waals surface area contributed by atoms with Crippen molar-refractivity contribution >= 4 is 17.8 Å². The van der Waals surface area contributed by atoms with Crippen molar-refractivity contribution in [3.05, 3.63) is 18.1 Å². The van der Waals surface area contributed by atoms with Gasteiger partial charge < -0.3 is 14.7 Å². The van der Waals surface area contributed by atoms with Gasteiger partial charge in [0.2, 0.25) is 0 Å². The molecule has 8 nitrogen and oxygen atoms in total. The quantitative estimate of drug-likeness (QED) is 0.750. The summed E-state index contributed by atoms with van der Waals surface area (Å²) in [5, 5.41) is 8.68. The van der Waals surface area contributed by atoms with Gasteiger partial charge in [-0.2, -0.15) is 0 Å². The molecule has 1 N–H and O–H groups in total. The maximum atomic E-state index is 11.4. The van der Waals surface area contributed by atoms with Crippen LogP contribution in [0.25, 0.3) is 0 Å². The lowest BCUT2D eigenvalue weighted by Crippen LogP contribution is -2.47. The highest BCUT2D eigenvalue weighted by molar-refractivity contribution is 5.87. The fourth-order valence-electron chi connectivity index (χ4n) is 2.17. The van der Waals surface area contributed by atoms with Crippen molar-refractivity contribution < 1.29 is 19.4 Å². The minimum Gasteiger partial charge on any atom is -0.481 e. The van der Waals surface area contributed by atoms with E-state index in [1.165, 1.54) is 13.3 Å². The zero-order valence-corrected chi connectivity index (χ0v) is 11.9. The summed E-state index contributed by atoms with van der Waals surface area (Å²) in [6.07, 6.45) is 3.13. The predicted molar refractivity (Wildman–Crippen MR) is 74.3 cm³/mol. The molecule has 1 saturated heterocycles. The van der Waals surface area contributed by atoms with Crippen molar-refractivity contribution in [3.8, 4) is 0 Å². The number of aliphatic carboxylic acids is 1. The van der Waals surface area contributed by atoms with E-state index in [2.05, 4.69) is 19.6 Å². The number of carboxylic acid groups (broad SMARTS) is 1. The molecule has 0 radical (unpaired) electrons. The van der Waals surface area contributed by atoms with Gasteiger partial charge in [0.25, 0.3) is 0 Å². The normalized spacial score (nSPS) is 15.8. The number of aromatic nitrogens is 2. The zero-order valence-electron chi connectivity index (χ0n) is 11.9. The van der Waals surface area contributed by atoms with E-state index >= 15 is 0 Å². The molecule has 1 aliphatic heterocycles. The molecule has 0 atom stereocenters. The predicted octanol–water partition coefficient (Wildman–Crippen LogP) is -0.140. The van der Waals surface area contributed by atoms with Crippen LogP contribution < -0.4 is 4.90 Å². The third-order valence-electron chi connectivity index (χ3n) is 3.35. The summed E-state index contributed by atoms with van der Waals surface area (Å²) in [6.45, 7) is 3.52. The van der Waals surface area contributed by atoms with Gasteiger partial charge in [-0.15, -0.1) is 0 Å². The highest BCUT2D eigenvalue weighted by Gasteiger charge is 2.19. The number of methoxy groups -OCH3 is 1. The van der Waals surface area contributed by atoms with E-state index in [0.29, 0.717) is 12.4 Å². The maximum absolute atomic E-state index is 11.4. The summed E-state index contributed by atoms with van der Waals surface area (Å²) in [4.78, 5) is 34.4. The smallest absolute Gasteiger partial charge is 0.358 e. The SMILES string of the molecule is COC(=O)c1cncc(N2CCN(CCC(=O)O)CC2)n1. The first-order valence-electron chi connectivity index (χ1n) is 6.69. The van der Waals surface area contributed by atoms with Crippen LogP contribution in [0.1, 0.15) is 16.9 Å². The van der Waals surface area contributed by atoms with Gasteiger partial charge >= 0.3 is 11.9 Å². The van der Waals surface area contributed by atoms with Gasteiger partial charge in [0, 0.05) is 32.7 Å². The molecule has 21 heavy (non-hydrogen) atoms. The second-order valence-corrected chi connectivity index (χ2v) is 4.73. The van der Waals surface area contributed by atoms with Gasteiger partial charge in [-0.25, -0.2) is 9.78 Å². The molecule has 1 fully saturated rings. The maximum Gasteiger partial charge on any atom is 0.358 e.